The van der Waals surface area contributed by atoms with Gasteiger partial charge < -0.3 is 0 Å². The fourth-order valence-electron chi connectivity index (χ4n) is 3.08. The molecule has 3 nitrogen and oxygen atoms in total. The summed E-state index contributed by atoms with van der Waals surface area (Å²) in [6.45, 7) is 1.96. The summed E-state index contributed by atoms with van der Waals surface area (Å²) in [5.74, 6) is 0.590. The highest BCUT2D eigenvalue weighted by Crippen LogP contribution is 2.26. The quantitative estimate of drug-likeness (QED) is 0.474. The Balaban J connectivity index is 2.04. The van der Waals surface area contributed by atoms with Crippen molar-refractivity contribution >= 4 is 11.6 Å². The minimum Gasteiger partial charge on any atom is -0.269 e. The molecule has 0 unspecified atom stereocenters. The second kappa shape index (κ2) is 7.22. The normalized spacial score (nSPS) is 10.7. The third-order valence-electron chi connectivity index (χ3n) is 4.43. The van der Waals surface area contributed by atoms with Crippen molar-refractivity contribution in [3.05, 3.63) is 106 Å². The van der Waals surface area contributed by atoms with Gasteiger partial charge in [0, 0.05) is 22.2 Å². The Bertz CT molecular complexity index is 1150. The second-order valence-corrected chi connectivity index (χ2v) is 6.74. The number of aromatic nitrogens is 2. The Morgan fingerprint density at radius 1 is 0.815 bits per heavy atom. The van der Waals surface area contributed by atoms with Crippen LogP contribution in [0.2, 0.25) is 5.02 Å². The zero-order valence-corrected chi connectivity index (χ0v) is 15.5. The summed E-state index contributed by atoms with van der Waals surface area (Å²) >= 11 is 6.21. The van der Waals surface area contributed by atoms with Crippen molar-refractivity contribution in [2.24, 2.45) is 0 Å². The van der Waals surface area contributed by atoms with Gasteiger partial charge in [0.2, 0.25) is 0 Å². The van der Waals surface area contributed by atoms with E-state index in [0.717, 1.165) is 22.4 Å². The van der Waals surface area contributed by atoms with E-state index in [4.69, 9.17) is 16.6 Å². The maximum absolute atomic E-state index is 13.2. The molecule has 0 aliphatic rings. The predicted molar refractivity (Wildman–Crippen MR) is 110 cm³/mol. The Kier molecular flexibility index (Phi) is 4.61. The van der Waals surface area contributed by atoms with Crippen molar-refractivity contribution in [1.82, 2.24) is 9.55 Å². The average Bonchev–Trinajstić information content (AvgIpc) is 2.71. The summed E-state index contributed by atoms with van der Waals surface area (Å²) in [6.07, 6.45) is 0. The first kappa shape index (κ1) is 17.3. The van der Waals surface area contributed by atoms with Crippen LogP contribution in [0.1, 0.15) is 5.56 Å². The molecule has 27 heavy (non-hydrogen) atoms. The van der Waals surface area contributed by atoms with Crippen LogP contribution in [-0.2, 0) is 0 Å². The lowest BCUT2D eigenvalue weighted by Crippen LogP contribution is -2.22. The van der Waals surface area contributed by atoms with E-state index in [2.05, 4.69) is 0 Å². The van der Waals surface area contributed by atoms with E-state index in [-0.39, 0.29) is 5.56 Å². The minimum absolute atomic E-state index is 0.145. The molecule has 0 saturated heterocycles. The van der Waals surface area contributed by atoms with E-state index in [9.17, 15) is 4.79 Å². The van der Waals surface area contributed by atoms with Gasteiger partial charge in [-0.3, -0.25) is 9.36 Å². The summed E-state index contributed by atoms with van der Waals surface area (Å²) in [5.41, 5.74) is 3.96. The van der Waals surface area contributed by atoms with Gasteiger partial charge in [-0.1, -0.05) is 78.3 Å². The number of benzene rings is 3. The molecule has 0 radical (unpaired) electrons. The van der Waals surface area contributed by atoms with E-state index < -0.39 is 0 Å². The standard InChI is InChI=1S/C23H17ClN2O/c1-16-12-13-19(24)14-21(16)26-22(27)15-20(17-8-4-2-5-9-17)25-23(26)18-10-6-3-7-11-18/h2-15H,1H3. The number of halogens is 1. The van der Waals surface area contributed by atoms with Crippen LogP contribution in [0.5, 0.6) is 0 Å². The Morgan fingerprint density at radius 3 is 2.11 bits per heavy atom. The number of hydrogen-bond acceptors (Lipinski definition) is 2. The zero-order valence-electron chi connectivity index (χ0n) is 14.8. The van der Waals surface area contributed by atoms with Crippen LogP contribution in [0.25, 0.3) is 28.3 Å². The van der Waals surface area contributed by atoms with E-state index in [1.807, 2.05) is 79.7 Å². The van der Waals surface area contributed by atoms with Crippen molar-refractivity contribution < 1.29 is 0 Å². The van der Waals surface area contributed by atoms with E-state index in [1.165, 1.54) is 0 Å². The van der Waals surface area contributed by atoms with Gasteiger partial charge in [0.25, 0.3) is 5.56 Å². The lowest BCUT2D eigenvalue weighted by atomic mass is 10.1. The molecule has 0 amide bonds. The van der Waals surface area contributed by atoms with Crippen LogP contribution >= 0.6 is 11.6 Å². The molecular weight excluding hydrogens is 356 g/mol. The maximum Gasteiger partial charge on any atom is 0.258 e. The zero-order chi connectivity index (χ0) is 18.8. The SMILES string of the molecule is Cc1ccc(Cl)cc1-n1c(-c2ccccc2)nc(-c2ccccc2)cc1=O. The molecule has 1 heterocycles. The summed E-state index contributed by atoms with van der Waals surface area (Å²) in [6, 6.07) is 26.5. The topological polar surface area (TPSA) is 34.9 Å². The van der Waals surface area contributed by atoms with Gasteiger partial charge in [0.05, 0.1) is 11.4 Å². The van der Waals surface area contributed by atoms with Crippen LogP contribution in [0, 0.1) is 6.92 Å². The lowest BCUT2D eigenvalue weighted by Gasteiger charge is -2.16. The Morgan fingerprint density at radius 2 is 1.44 bits per heavy atom. The van der Waals surface area contributed by atoms with Crippen LogP contribution in [0.3, 0.4) is 0 Å². The molecular formula is C23H17ClN2O. The van der Waals surface area contributed by atoms with Gasteiger partial charge >= 0.3 is 0 Å². The van der Waals surface area contributed by atoms with Crippen molar-refractivity contribution in [3.8, 4) is 28.3 Å². The predicted octanol–water partition coefficient (Wildman–Crippen LogP) is 5.53. The molecule has 4 aromatic rings. The summed E-state index contributed by atoms with van der Waals surface area (Å²) < 4.78 is 1.63. The van der Waals surface area contributed by atoms with E-state index in [0.29, 0.717) is 16.5 Å². The van der Waals surface area contributed by atoms with Crippen LogP contribution in [0.15, 0.2) is 89.7 Å². The maximum atomic E-state index is 13.2. The fourth-order valence-corrected chi connectivity index (χ4v) is 3.24. The molecule has 0 spiro atoms. The van der Waals surface area contributed by atoms with Crippen LogP contribution in [0.4, 0.5) is 0 Å². The molecule has 0 bridgehead atoms. The Hall–Kier alpha value is -3.17. The smallest absolute Gasteiger partial charge is 0.258 e. The Labute approximate surface area is 162 Å². The molecule has 0 fully saturated rings. The largest absolute Gasteiger partial charge is 0.269 e. The lowest BCUT2D eigenvalue weighted by molar-refractivity contribution is 0.943. The third kappa shape index (κ3) is 3.42. The van der Waals surface area contributed by atoms with Gasteiger partial charge in [0.15, 0.2) is 0 Å². The minimum atomic E-state index is -0.145. The molecule has 4 heteroatoms. The second-order valence-electron chi connectivity index (χ2n) is 6.30. The van der Waals surface area contributed by atoms with Crippen LogP contribution < -0.4 is 5.56 Å². The molecule has 0 aliphatic heterocycles. The third-order valence-corrected chi connectivity index (χ3v) is 4.67. The van der Waals surface area contributed by atoms with E-state index >= 15 is 0 Å². The molecule has 3 aromatic carbocycles. The average molecular weight is 373 g/mol. The molecule has 1 aromatic heterocycles. The number of aryl methyl sites for hydroxylation is 1. The number of hydrogen-bond donors (Lipinski definition) is 0. The summed E-state index contributed by atoms with van der Waals surface area (Å²) in [5, 5.41) is 0.577. The molecule has 0 aliphatic carbocycles. The van der Waals surface area contributed by atoms with Gasteiger partial charge in [0.1, 0.15) is 5.82 Å². The fraction of sp³-hybridized carbons (Fsp3) is 0.0435. The first-order valence-corrected chi connectivity index (χ1v) is 9.03. The van der Waals surface area contributed by atoms with Crippen molar-refractivity contribution in [3.63, 3.8) is 0 Å². The highest BCUT2D eigenvalue weighted by molar-refractivity contribution is 6.30. The molecule has 0 saturated carbocycles. The van der Waals surface area contributed by atoms with Gasteiger partial charge in [-0.05, 0) is 24.6 Å². The van der Waals surface area contributed by atoms with E-state index in [1.54, 1.807) is 16.7 Å². The monoisotopic (exact) mass is 372 g/mol. The molecule has 132 valence electrons. The first-order chi connectivity index (χ1) is 13.1. The van der Waals surface area contributed by atoms with Crippen molar-refractivity contribution in [1.29, 1.82) is 0 Å². The van der Waals surface area contributed by atoms with Gasteiger partial charge in [-0.2, -0.15) is 0 Å². The number of rotatable bonds is 3. The molecule has 0 atom stereocenters. The summed E-state index contributed by atoms with van der Waals surface area (Å²) in [7, 11) is 0. The van der Waals surface area contributed by atoms with Crippen molar-refractivity contribution in [2.45, 2.75) is 6.92 Å². The van der Waals surface area contributed by atoms with Gasteiger partial charge in [-0.15, -0.1) is 0 Å². The highest BCUT2D eigenvalue weighted by Gasteiger charge is 2.15. The van der Waals surface area contributed by atoms with Gasteiger partial charge in [-0.25, -0.2) is 4.98 Å². The van der Waals surface area contributed by atoms with Crippen LogP contribution in [-0.4, -0.2) is 9.55 Å². The van der Waals surface area contributed by atoms with Crippen molar-refractivity contribution in [2.75, 3.05) is 0 Å². The molecule has 4 rings (SSSR count). The first-order valence-electron chi connectivity index (χ1n) is 8.65. The molecule has 0 N–H and O–H groups in total. The number of nitrogens with zero attached hydrogens (tertiary/aromatic N) is 2. The summed E-state index contributed by atoms with van der Waals surface area (Å²) in [4.78, 5) is 18.0. The highest BCUT2D eigenvalue weighted by atomic mass is 35.5.